The maximum atomic E-state index is 13.6. The summed E-state index contributed by atoms with van der Waals surface area (Å²) in [5, 5.41) is 0. The number of anilines is 9. The van der Waals surface area contributed by atoms with Crippen LogP contribution in [0.1, 0.15) is 12.8 Å². The zero-order chi connectivity index (χ0) is 35.4. The summed E-state index contributed by atoms with van der Waals surface area (Å²) < 4.78 is 26.4. The van der Waals surface area contributed by atoms with Gasteiger partial charge >= 0.3 is 0 Å². The van der Waals surface area contributed by atoms with E-state index >= 15 is 0 Å². The van der Waals surface area contributed by atoms with Gasteiger partial charge < -0.3 is 34.4 Å². The SMILES string of the molecule is CN1[CH-]N(c2[c-]cc(F)nc2F)c2nccnc21.[Ir].[c-]1ccccc1N1[CH-]N(CCCCN2[CH-]N(c3[c-]cccc3)c3ncccc32)c2cccnc21. The maximum absolute atomic E-state index is 13.6. The fraction of sp³-hybridized carbons (Fsp3) is 0.128. The number of nitrogens with zero attached hydrogens (tertiary/aromatic N) is 11. The average molecular weight is 884 g/mol. The van der Waals surface area contributed by atoms with E-state index in [0.29, 0.717) is 11.6 Å². The summed E-state index contributed by atoms with van der Waals surface area (Å²) >= 11 is 0. The molecule has 0 bridgehead atoms. The number of para-hydroxylation sites is 2. The third kappa shape index (κ3) is 7.33. The van der Waals surface area contributed by atoms with Crippen LogP contribution < -0.4 is 29.4 Å². The zero-order valence-corrected chi connectivity index (χ0v) is 30.8. The van der Waals surface area contributed by atoms with Crippen LogP contribution in [0.25, 0.3) is 0 Å². The fourth-order valence-corrected chi connectivity index (χ4v) is 6.17. The van der Waals surface area contributed by atoms with Crippen molar-refractivity contribution in [1.29, 1.82) is 0 Å². The van der Waals surface area contributed by atoms with Crippen LogP contribution in [-0.4, -0.2) is 45.1 Å². The molecular weight excluding hydrogens is 853 g/mol. The van der Waals surface area contributed by atoms with Crippen molar-refractivity contribution in [2.75, 3.05) is 49.5 Å². The number of halogens is 2. The quantitative estimate of drug-likeness (QED) is 0.0874. The first-order chi connectivity index (χ1) is 25.5. The second kappa shape index (κ2) is 15.9. The van der Waals surface area contributed by atoms with Gasteiger partial charge in [0.1, 0.15) is 29.2 Å². The van der Waals surface area contributed by atoms with E-state index in [-0.39, 0.29) is 25.8 Å². The van der Waals surface area contributed by atoms with Gasteiger partial charge in [0.2, 0.25) is 0 Å². The second-order valence-corrected chi connectivity index (χ2v) is 11.9. The Balaban J connectivity index is 0.000000194. The Bertz CT molecular complexity index is 2050. The van der Waals surface area contributed by atoms with Crippen molar-refractivity contribution >= 4 is 51.7 Å². The molecule has 0 N–H and O–H groups in total. The number of hydrogen-bond acceptors (Lipinski definition) is 11. The van der Waals surface area contributed by atoms with Crippen molar-refractivity contribution in [1.82, 2.24) is 24.9 Å². The molecule has 0 amide bonds. The monoisotopic (exact) mass is 884 g/mol. The van der Waals surface area contributed by atoms with Crippen LogP contribution in [0.15, 0.2) is 104 Å². The Morgan fingerprint density at radius 3 is 1.68 bits per heavy atom. The molecule has 1 radical (unpaired) electrons. The predicted octanol–water partition coefficient (Wildman–Crippen LogP) is 7.37. The molecule has 271 valence electrons. The first-order valence-electron chi connectivity index (χ1n) is 16.6. The largest absolute Gasteiger partial charge is 0.500 e. The minimum Gasteiger partial charge on any atom is -0.500 e. The molecule has 0 atom stereocenters. The van der Waals surface area contributed by atoms with Crippen molar-refractivity contribution in [3.05, 3.63) is 154 Å². The summed E-state index contributed by atoms with van der Waals surface area (Å²) in [6.07, 6.45) is 8.82. The minimum atomic E-state index is -0.946. The van der Waals surface area contributed by atoms with Gasteiger partial charge in [-0.2, -0.15) is 80.1 Å². The molecule has 14 heteroatoms. The first kappa shape index (κ1) is 35.7. The van der Waals surface area contributed by atoms with E-state index in [1.54, 1.807) is 18.6 Å². The molecule has 7 heterocycles. The molecular formula is C39H31F2IrN11-6. The van der Waals surface area contributed by atoms with Crippen LogP contribution in [0.4, 0.5) is 60.5 Å². The normalized spacial score (nSPS) is 14.0. The van der Waals surface area contributed by atoms with Gasteiger partial charge in [0, 0.05) is 56.3 Å². The van der Waals surface area contributed by atoms with Gasteiger partial charge in [-0.15, -0.1) is 24.1 Å². The number of aromatic nitrogens is 5. The van der Waals surface area contributed by atoms with Crippen molar-refractivity contribution in [2.45, 2.75) is 12.8 Å². The topological polar surface area (TPSA) is 83.9 Å². The summed E-state index contributed by atoms with van der Waals surface area (Å²) in [6.45, 7) is 7.70. The second-order valence-electron chi connectivity index (χ2n) is 11.9. The smallest absolute Gasteiger partial charge is 0.144 e. The van der Waals surface area contributed by atoms with E-state index in [4.69, 9.17) is 0 Å². The summed E-state index contributed by atoms with van der Waals surface area (Å²) in [7, 11) is 1.75. The number of benzene rings is 2. The van der Waals surface area contributed by atoms with Gasteiger partial charge in [0.25, 0.3) is 0 Å². The van der Waals surface area contributed by atoms with Crippen LogP contribution in [-0.2, 0) is 20.1 Å². The first-order valence-corrected chi connectivity index (χ1v) is 16.6. The number of rotatable bonds is 8. The maximum Gasteiger partial charge on any atom is 0.144 e. The van der Waals surface area contributed by atoms with Crippen molar-refractivity contribution in [2.24, 2.45) is 0 Å². The van der Waals surface area contributed by atoms with Gasteiger partial charge in [-0.1, -0.05) is 0 Å². The molecule has 0 fully saturated rings. The molecule has 0 unspecified atom stereocenters. The van der Waals surface area contributed by atoms with Crippen LogP contribution in [0.3, 0.4) is 0 Å². The molecule has 2 aromatic carbocycles. The average Bonchev–Trinajstić information content (AvgIpc) is 3.86. The Kier molecular flexibility index (Phi) is 10.7. The van der Waals surface area contributed by atoms with Gasteiger partial charge in [-0.3, -0.25) is 8.78 Å². The molecule has 3 aliphatic rings. The van der Waals surface area contributed by atoms with E-state index in [1.807, 2.05) is 60.9 Å². The van der Waals surface area contributed by atoms with Crippen molar-refractivity contribution in [3.63, 3.8) is 0 Å². The van der Waals surface area contributed by atoms with E-state index < -0.39 is 11.9 Å². The third-order valence-corrected chi connectivity index (χ3v) is 8.55. The molecule has 0 aliphatic carbocycles. The number of hydrogen-bond donors (Lipinski definition) is 0. The van der Waals surface area contributed by atoms with Gasteiger partial charge in [0.15, 0.2) is 0 Å². The molecule has 3 aliphatic heterocycles. The molecule has 11 nitrogen and oxygen atoms in total. The summed E-state index contributed by atoms with van der Waals surface area (Å²) in [5.41, 5.74) is 4.26. The number of fused-ring (bicyclic) bond motifs is 3. The summed E-state index contributed by atoms with van der Waals surface area (Å²) in [6, 6.07) is 34.3. The van der Waals surface area contributed by atoms with Crippen LogP contribution in [0, 0.1) is 50.1 Å². The number of pyridine rings is 3. The van der Waals surface area contributed by atoms with Crippen molar-refractivity contribution in [3.8, 4) is 0 Å². The number of unbranched alkanes of at least 4 members (excludes halogenated alkanes) is 1. The van der Waals surface area contributed by atoms with E-state index in [2.05, 4.69) is 100 Å². The third-order valence-electron chi connectivity index (χ3n) is 8.55. The Labute approximate surface area is 320 Å². The van der Waals surface area contributed by atoms with Gasteiger partial charge in [-0.25, -0.2) is 19.9 Å². The van der Waals surface area contributed by atoms with Crippen LogP contribution in [0.2, 0.25) is 0 Å². The Morgan fingerprint density at radius 2 is 1.15 bits per heavy atom. The summed E-state index contributed by atoms with van der Waals surface area (Å²) in [4.78, 5) is 32.5. The fourth-order valence-electron chi connectivity index (χ4n) is 6.17. The molecule has 53 heavy (non-hydrogen) atoms. The van der Waals surface area contributed by atoms with Crippen molar-refractivity contribution < 1.29 is 28.9 Å². The van der Waals surface area contributed by atoms with Gasteiger partial charge in [-0.05, 0) is 62.9 Å². The van der Waals surface area contributed by atoms with E-state index in [0.717, 1.165) is 66.4 Å². The molecule has 6 aromatic rings. The molecule has 0 saturated carbocycles. The standard InChI is InChI=1S/C28H24N6.C11H7F2N5.Ir/c1-3-11-23(12-4-1)33-21-31(25-15-9-17-29-27(25)33)19-7-8-20-32-22-34(24-13-5-2-6-14-24)28-26(32)16-10-18-30-28;1-17-6-18(11-10(17)14-4-5-15-11)7-2-3-8(12)16-9(7)13;/h1-6,9-11,13,15-18,21-22H,7-8,19-20H2;3-6H,1H3;/q-4;-2;. The van der Waals surface area contributed by atoms with Crippen LogP contribution >= 0.6 is 0 Å². The Hall–Kier alpha value is -5.72. The van der Waals surface area contributed by atoms with E-state index in [1.165, 1.54) is 17.3 Å². The minimum absolute atomic E-state index is 0. The Morgan fingerprint density at radius 1 is 0.604 bits per heavy atom. The molecule has 0 saturated heterocycles. The predicted molar refractivity (Wildman–Crippen MR) is 196 cm³/mol. The van der Waals surface area contributed by atoms with Crippen LogP contribution in [0.5, 0.6) is 0 Å². The zero-order valence-electron chi connectivity index (χ0n) is 28.4. The van der Waals surface area contributed by atoms with Gasteiger partial charge in [0.05, 0.1) is 5.95 Å². The molecule has 9 rings (SSSR count). The summed E-state index contributed by atoms with van der Waals surface area (Å²) in [5.74, 6) is 1.07. The van der Waals surface area contributed by atoms with E-state index in [9.17, 15) is 8.78 Å². The molecule has 4 aromatic heterocycles. The molecule has 0 spiro atoms.